The van der Waals surface area contributed by atoms with E-state index in [-0.39, 0.29) is 26.2 Å². The zero-order chi connectivity index (χ0) is 24.3. The number of nitrogens with zero attached hydrogens (tertiary/aromatic N) is 1. The van der Waals surface area contributed by atoms with E-state index in [1.807, 2.05) is 60.7 Å². The normalized spacial score (nSPS) is 13.1. The Morgan fingerprint density at radius 2 is 1.45 bits per heavy atom. The Hall–Kier alpha value is -2.67. The van der Waals surface area contributed by atoms with Gasteiger partial charge in [0.2, 0.25) is 5.91 Å². The minimum atomic E-state index is -3.56. The Morgan fingerprint density at radius 1 is 0.939 bits per heavy atom. The maximum Gasteiger partial charge on any atom is 0.410 e. The summed E-state index contributed by atoms with van der Waals surface area (Å²) in [6.45, 7) is 5.42. The van der Waals surface area contributed by atoms with E-state index < -0.39 is 31.4 Å². The predicted molar refractivity (Wildman–Crippen MR) is 127 cm³/mol. The molecule has 1 N–H and O–H groups in total. The first-order valence-electron chi connectivity index (χ1n) is 11.0. The molecule has 0 aliphatic carbocycles. The van der Waals surface area contributed by atoms with E-state index in [4.69, 9.17) is 13.8 Å². The van der Waals surface area contributed by atoms with Crippen molar-refractivity contribution in [2.24, 2.45) is 0 Å². The summed E-state index contributed by atoms with van der Waals surface area (Å²) in [6.07, 6.45) is -0.385. The number of nitrogens with one attached hydrogen (secondary N) is 1. The van der Waals surface area contributed by atoms with Gasteiger partial charge in [0.1, 0.15) is 18.4 Å². The van der Waals surface area contributed by atoms with Gasteiger partial charge in [-0.15, -0.1) is 0 Å². The van der Waals surface area contributed by atoms with Crippen molar-refractivity contribution in [2.75, 3.05) is 20.3 Å². The third kappa shape index (κ3) is 8.00. The van der Waals surface area contributed by atoms with E-state index in [0.717, 1.165) is 11.1 Å². The highest BCUT2D eigenvalue weighted by Gasteiger charge is 2.36. The van der Waals surface area contributed by atoms with Crippen LogP contribution in [0.1, 0.15) is 31.9 Å². The first kappa shape index (κ1) is 26.6. The largest absolute Gasteiger partial charge is 0.445 e. The number of rotatable bonds is 12. The van der Waals surface area contributed by atoms with Gasteiger partial charge in [0, 0.05) is 13.5 Å². The highest BCUT2D eigenvalue weighted by Crippen LogP contribution is 2.51. The molecule has 2 aromatic rings. The Morgan fingerprint density at radius 3 is 1.97 bits per heavy atom. The van der Waals surface area contributed by atoms with Crippen molar-refractivity contribution in [3.63, 3.8) is 0 Å². The second-order valence-electron chi connectivity index (χ2n) is 7.42. The van der Waals surface area contributed by atoms with Crippen LogP contribution in [0.3, 0.4) is 0 Å². The second-order valence-corrected chi connectivity index (χ2v) is 9.79. The average Bonchev–Trinajstić information content (AvgIpc) is 2.82. The smallest absolute Gasteiger partial charge is 0.410 e. The monoisotopic (exact) mass is 476 g/mol. The number of amides is 2. The second kappa shape index (κ2) is 13.1. The van der Waals surface area contributed by atoms with Crippen molar-refractivity contribution in [1.82, 2.24) is 10.2 Å². The number of hydrogen-bond acceptors (Lipinski definition) is 6. The standard InChI is InChI=1S/C24H33N2O6P/c1-5-31-33(29,32-6-2)19(3)25-23(27)22(17-20-13-9-7-10-14-20)26(4)24(28)30-18-21-15-11-8-12-16-21/h7-16,19,22H,5-6,17-18H2,1-4H3,(H,25,27). The van der Waals surface area contributed by atoms with E-state index in [2.05, 4.69) is 5.32 Å². The van der Waals surface area contributed by atoms with Gasteiger partial charge in [-0.3, -0.25) is 14.3 Å². The fraction of sp³-hybridized carbons (Fsp3) is 0.417. The molecule has 0 aliphatic rings. The lowest BCUT2D eigenvalue weighted by atomic mass is 10.0. The van der Waals surface area contributed by atoms with Crippen LogP contribution in [-0.4, -0.2) is 49.0 Å². The fourth-order valence-electron chi connectivity index (χ4n) is 3.19. The molecule has 0 aliphatic heterocycles. The van der Waals surface area contributed by atoms with Gasteiger partial charge in [-0.25, -0.2) is 4.79 Å². The summed E-state index contributed by atoms with van der Waals surface area (Å²) in [5, 5.41) is 2.72. The summed E-state index contributed by atoms with van der Waals surface area (Å²) in [4.78, 5) is 27.3. The quantitative estimate of drug-likeness (QED) is 0.450. The molecule has 2 rings (SSSR count). The Labute approximate surface area is 195 Å². The van der Waals surface area contributed by atoms with E-state index in [0.29, 0.717) is 0 Å². The SMILES string of the molecule is CCOP(=O)(OCC)C(C)NC(=O)C(Cc1ccccc1)N(C)C(=O)OCc1ccccc1. The van der Waals surface area contributed by atoms with E-state index in [1.54, 1.807) is 20.8 Å². The first-order valence-corrected chi connectivity index (χ1v) is 12.6. The highest BCUT2D eigenvalue weighted by atomic mass is 31.2. The van der Waals surface area contributed by atoms with Crippen LogP contribution in [0.2, 0.25) is 0 Å². The summed E-state index contributed by atoms with van der Waals surface area (Å²) >= 11 is 0. The van der Waals surface area contributed by atoms with Crippen LogP contribution in [0.15, 0.2) is 60.7 Å². The molecule has 2 atom stereocenters. The summed E-state index contributed by atoms with van der Waals surface area (Å²) in [5.74, 6) is -1.37. The number of hydrogen-bond donors (Lipinski definition) is 1. The van der Waals surface area contributed by atoms with Gasteiger partial charge >= 0.3 is 13.7 Å². The number of ether oxygens (including phenoxy) is 1. The molecule has 8 nitrogen and oxygen atoms in total. The van der Waals surface area contributed by atoms with Gasteiger partial charge in [-0.2, -0.15) is 0 Å². The molecule has 0 spiro atoms. The van der Waals surface area contributed by atoms with Crippen LogP contribution >= 0.6 is 7.60 Å². The van der Waals surface area contributed by atoms with Gasteiger partial charge in [0.25, 0.3) is 0 Å². The minimum absolute atomic E-state index is 0.0873. The molecule has 9 heteroatoms. The number of likely N-dealkylation sites (N-methyl/N-ethyl adjacent to an activating group) is 1. The van der Waals surface area contributed by atoms with Crippen LogP contribution in [0.5, 0.6) is 0 Å². The van der Waals surface area contributed by atoms with Crippen molar-refractivity contribution in [1.29, 1.82) is 0 Å². The van der Waals surface area contributed by atoms with Gasteiger partial charge in [0.15, 0.2) is 0 Å². The summed E-state index contributed by atoms with van der Waals surface area (Å²) < 4.78 is 29.1. The molecule has 0 fully saturated rings. The highest BCUT2D eigenvalue weighted by molar-refractivity contribution is 7.54. The molecular weight excluding hydrogens is 443 g/mol. The van der Waals surface area contributed by atoms with E-state index in [1.165, 1.54) is 11.9 Å². The summed E-state index contributed by atoms with van der Waals surface area (Å²) in [7, 11) is -2.05. The van der Waals surface area contributed by atoms with Crippen molar-refractivity contribution in [3.8, 4) is 0 Å². The molecule has 0 saturated heterocycles. The molecule has 0 heterocycles. The Bertz CT molecular complexity index is 915. The maximum atomic E-state index is 13.2. The lowest BCUT2D eigenvalue weighted by Gasteiger charge is -2.30. The Kier molecular flexibility index (Phi) is 10.6. The van der Waals surface area contributed by atoms with Crippen LogP contribution in [0.4, 0.5) is 4.79 Å². The molecule has 2 amide bonds. The molecule has 0 radical (unpaired) electrons. The summed E-state index contributed by atoms with van der Waals surface area (Å²) in [6, 6.07) is 17.7. The predicted octanol–water partition coefficient (Wildman–Crippen LogP) is 4.59. The Balaban J connectivity index is 2.17. The van der Waals surface area contributed by atoms with Crippen molar-refractivity contribution >= 4 is 19.6 Å². The van der Waals surface area contributed by atoms with E-state index in [9.17, 15) is 14.2 Å². The third-order valence-electron chi connectivity index (χ3n) is 4.98. The zero-order valence-electron chi connectivity index (χ0n) is 19.6. The van der Waals surface area contributed by atoms with Crippen LogP contribution < -0.4 is 5.32 Å². The first-order chi connectivity index (χ1) is 15.8. The average molecular weight is 477 g/mol. The lowest BCUT2D eigenvalue weighted by Crippen LogP contribution is -2.51. The molecule has 0 bridgehead atoms. The van der Waals surface area contributed by atoms with Gasteiger partial charge < -0.3 is 19.1 Å². The molecule has 0 saturated carbocycles. The van der Waals surface area contributed by atoms with Crippen LogP contribution in [0.25, 0.3) is 0 Å². The van der Waals surface area contributed by atoms with Crippen molar-refractivity contribution in [2.45, 2.75) is 45.6 Å². The zero-order valence-corrected chi connectivity index (χ0v) is 20.5. The third-order valence-corrected chi connectivity index (χ3v) is 7.29. The topological polar surface area (TPSA) is 94.2 Å². The summed E-state index contributed by atoms with van der Waals surface area (Å²) in [5.41, 5.74) is 1.71. The molecule has 2 aromatic carbocycles. The fourth-order valence-corrected chi connectivity index (χ4v) is 4.72. The lowest BCUT2D eigenvalue weighted by molar-refractivity contribution is -0.126. The van der Waals surface area contributed by atoms with Crippen LogP contribution in [0, 0.1) is 0 Å². The molecule has 0 aromatic heterocycles. The molecule has 180 valence electrons. The van der Waals surface area contributed by atoms with Gasteiger partial charge in [-0.1, -0.05) is 60.7 Å². The number of carbonyl (C=O) groups excluding carboxylic acids is 2. The molecule has 33 heavy (non-hydrogen) atoms. The maximum absolute atomic E-state index is 13.2. The van der Waals surface area contributed by atoms with Gasteiger partial charge in [-0.05, 0) is 31.9 Å². The van der Waals surface area contributed by atoms with Crippen LogP contribution in [-0.2, 0) is 36.2 Å². The van der Waals surface area contributed by atoms with Crippen molar-refractivity contribution in [3.05, 3.63) is 71.8 Å². The van der Waals surface area contributed by atoms with Gasteiger partial charge in [0.05, 0.1) is 13.2 Å². The van der Waals surface area contributed by atoms with Crippen molar-refractivity contribution < 1.29 is 27.9 Å². The minimum Gasteiger partial charge on any atom is -0.445 e. The number of carbonyl (C=O) groups is 2. The molecule has 2 unspecified atom stereocenters. The molecular formula is C24H33N2O6P. The number of benzene rings is 2. The van der Waals surface area contributed by atoms with E-state index >= 15 is 0 Å².